The summed E-state index contributed by atoms with van der Waals surface area (Å²) in [4.78, 5) is 0. The van der Waals surface area contributed by atoms with E-state index >= 15 is 0 Å². The molecule has 0 spiro atoms. The van der Waals surface area contributed by atoms with Crippen LogP contribution in [0, 0.1) is 6.08 Å². The average Bonchev–Trinajstić information content (AvgIpc) is 3.45. The molecule has 0 saturated heterocycles. The van der Waals surface area contributed by atoms with Crippen LogP contribution in [0.25, 0.3) is 5.57 Å². The predicted molar refractivity (Wildman–Crippen MR) is 168 cm³/mol. The number of benzene rings is 2. The molecule has 0 bridgehead atoms. The molecule has 0 N–H and O–H groups in total. The molecule has 2 aromatic carbocycles. The van der Waals surface area contributed by atoms with E-state index in [1.54, 1.807) is 10.4 Å². The standard InChI is InChI=1S/C36H53Si.3ClH.Ti/c1-3-4-5-6-7-8-9-10-11-12-13-14-15-16-17-24-32-37(2,34-28-22-19-23-29-34)36-31-25-30-35(36)33-26-20-18-21-27-33;;;;/h18-23,26-29,31H,3-17,24-25,32H2,1-2H3;3*1H;/q-1;;;;+4/p-3. The molecule has 0 radical (unpaired) electrons. The fraction of sp³-hybridized carbons (Fsp3) is 0.556. The van der Waals surface area contributed by atoms with Crippen LogP contribution in [0.1, 0.15) is 122 Å². The first kappa shape index (κ1) is 42.9. The summed E-state index contributed by atoms with van der Waals surface area (Å²) in [5.74, 6) is 0. The van der Waals surface area contributed by atoms with Crippen LogP contribution in [0.3, 0.4) is 0 Å². The minimum absolute atomic E-state index is 0. The number of halogens is 3. The molecular formula is C36H53Cl3SiTi. The van der Waals surface area contributed by atoms with E-state index in [-0.39, 0.29) is 58.9 Å². The van der Waals surface area contributed by atoms with Crippen molar-refractivity contribution in [1.29, 1.82) is 0 Å². The number of hydrogen-bond donors (Lipinski definition) is 0. The maximum Gasteiger partial charge on any atom is 4.00 e. The van der Waals surface area contributed by atoms with E-state index in [2.05, 4.69) is 86.3 Å². The van der Waals surface area contributed by atoms with Crippen LogP contribution in [0.2, 0.25) is 12.6 Å². The Morgan fingerprint density at radius 3 is 1.46 bits per heavy atom. The van der Waals surface area contributed by atoms with E-state index in [1.165, 1.54) is 120 Å². The molecule has 0 aromatic heterocycles. The Hall–Kier alpha value is -0.279. The van der Waals surface area contributed by atoms with Crippen molar-refractivity contribution in [1.82, 2.24) is 0 Å². The molecule has 2 aromatic rings. The van der Waals surface area contributed by atoms with Gasteiger partial charge in [-0.15, -0.1) is 23.8 Å². The molecular weight excluding hydrogens is 615 g/mol. The minimum Gasteiger partial charge on any atom is -1.00 e. The molecule has 226 valence electrons. The fourth-order valence-corrected chi connectivity index (χ4v) is 10.2. The summed E-state index contributed by atoms with van der Waals surface area (Å²) in [6.45, 7) is 4.91. The first-order valence-electron chi connectivity index (χ1n) is 15.7. The second-order valence-electron chi connectivity index (χ2n) is 11.5. The summed E-state index contributed by atoms with van der Waals surface area (Å²) in [5, 5.41) is 3.20. The van der Waals surface area contributed by atoms with Crippen LogP contribution in [-0.2, 0) is 21.7 Å². The molecule has 0 amide bonds. The van der Waals surface area contributed by atoms with Gasteiger partial charge in [0.2, 0.25) is 0 Å². The van der Waals surface area contributed by atoms with Gasteiger partial charge in [0.15, 0.2) is 0 Å². The molecule has 1 unspecified atom stereocenters. The van der Waals surface area contributed by atoms with Crippen molar-refractivity contribution in [2.45, 2.75) is 129 Å². The van der Waals surface area contributed by atoms with Gasteiger partial charge >= 0.3 is 21.7 Å². The quantitative estimate of drug-likeness (QED) is 0.115. The normalized spacial score (nSPS) is 13.4. The van der Waals surface area contributed by atoms with Crippen LogP contribution in [-0.4, -0.2) is 8.07 Å². The van der Waals surface area contributed by atoms with Crippen molar-refractivity contribution in [2.24, 2.45) is 0 Å². The monoisotopic (exact) mass is 666 g/mol. The first-order valence-corrected chi connectivity index (χ1v) is 18.4. The van der Waals surface area contributed by atoms with Crippen LogP contribution in [0.4, 0.5) is 0 Å². The minimum atomic E-state index is -1.78. The molecule has 0 fully saturated rings. The summed E-state index contributed by atoms with van der Waals surface area (Å²) in [6, 6.07) is 23.7. The Balaban J connectivity index is 0. The Labute approximate surface area is 288 Å². The van der Waals surface area contributed by atoms with E-state index in [4.69, 9.17) is 0 Å². The average molecular weight is 668 g/mol. The van der Waals surface area contributed by atoms with Gasteiger partial charge in [0.25, 0.3) is 0 Å². The van der Waals surface area contributed by atoms with Crippen molar-refractivity contribution in [3.05, 3.63) is 83.6 Å². The number of hydrogen-bond acceptors (Lipinski definition) is 0. The summed E-state index contributed by atoms with van der Waals surface area (Å²) in [5.41, 5.74) is 2.72. The molecule has 1 aliphatic rings. The number of rotatable bonds is 20. The van der Waals surface area contributed by atoms with Gasteiger partial charge in [-0.2, -0.15) is 16.8 Å². The summed E-state index contributed by atoms with van der Waals surface area (Å²) < 4.78 is 0. The fourth-order valence-electron chi connectivity index (χ4n) is 6.08. The van der Waals surface area contributed by atoms with E-state index in [1.807, 2.05) is 0 Å². The molecule has 41 heavy (non-hydrogen) atoms. The molecule has 0 nitrogen and oxygen atoms in total. The number of unbranched alkanes of at least 4 members (excludes halogenated alkanes) is 15. The van der Waals surface area contributed by atoms with Gasteiger partial charge < -0.3 is 37.2 Å². The molecule has 5 heteroatoms. The molecule has 3 rings (SSSR count). The Kier molecular flexibility index (Phi) is 27.3. The van der Waals surface area contributed by atoms with E-state index in [0.29, 0.717) is 0 Å². The topological polar surface area (TPSA) is 0 Å². The molecule has 1 aliphatic carbocycles. The van der Waals surface area contributed by atoms with Gasteiger partial charge in [-0.05, 0) is 0 Å². The van der Waals surface area contributed by atoms with E-state index in [0.717, 1.165) is 6.42 Å². The third-order valence-corrected chi connectivity index (χ3v) is 13.1. The summed E-state index contributed by atoms with van der Waals surface area (Å²) in [7, 11) is -1.78. The van der Waals surface area contributed by atoms with Crippen LogP contribution in [0.5, 0.6) is 0 Å². The Morgan fingerprint density at radius 2 is 1.00 bits per heavy atom. The van der Waals surface area contributed by atoms with Crippen molar-refractivity contribution in [3.63, 3.8) is 0 Å². The van der Waals surface area contributed by atoms with Crippen LogP contribution < -0.4 is 42.4 Å². The van der Waals surface area contributed by atoms with Crippen molar-refractivity contribution in [2.75, 3.05) is 0 Å². The Morgan fingerprint density at radius 1 is 0.585 bits per heavy atom. The second-order valence-corrected chi connectivity index (χ2v) is 15.8. The molecule has 0 saturated carbocycles. The van der Waals surface area contributed by atoms with Gasteiger partial charge in [-0.1, -0.05) is 182 Å². The van der Waals surface area contributed by atoms with E-state index in [9.17, 15) is 0 Å². The van der Waals surface area contributed by atoms with Crippen molar-refractivity contribution < 1.29 is 58.9 Å². The van der Waals surface area contributed by atoms with Gasteiger partial charge in [-0.25, -0.2) is 0 Å². The summed E-state index contributed by atoms with van der Waals surface area (Å²) >= 11 is 0. The summed E-state index contributed by atoms with van der Waals surface area (Å²) in [6.07, 6.45) is 30.1. The van der Waals surface area contributed by atoms with Gasteiger partial charge in [-0.3, -0.25) is 0 Å². The third-order valence-electron chi connectivity index (χ3n) is 8.45. The van der Waals surface area contributed by atoms with Crippen molar-refractivity contribution in [3.8, 4) is 0 Å². The van der Waals surface area contributed by atoms with Crippen LogP contribution in [0.15, 0.2) is 71.9 Å². The van der Waals surface area contributed by atoms with Gasteiger partial charge in [0.1, 0.15) is 0 Å². The largest absolute Gasteiger partial charge is 4.00 e. The molecule has 0 heterocycles. The number of allylic oxidation sites excluding steroid dienone is 4. The zero-order chi connectivity index (χ0) is 26.0. The first-order chi connectivity index (χ1) is 18.3. The molecule has 1 atom stereocenters. The second kappa shape index (κ2) is 26.2. The van der Waals surface area contributed by atoms with Gasteiger partial charge in [0, 0.05) is 0 Å². The maximum absolute atomic E-state index is 3.71. The maximum atomic E-state index is 3.71. The third kappa shape index (κ3) is 15.3. The van der Waals surface area contributed by atoms with E-state index < -0.39 is 8.07 Å². The predicted octanol–water partition coefficient (Wildman–Crippen LogP) is 2.00. The van der Waals surface area contributed by atoms with Gasteiger partial charge in [0.05, 0.1) is 8.07 Å². The van der Waals surface area contributed by atoms with Crippen molar-refractivity contribution >= 4 is 18.8 Å². The zero-order valence-electron chi connectivity index (χ0n) is 25.7. The Bertz CT molecular complexity index is 932. The molecule has 0 aliphatic heterocycles. The smallest absolute Gasteiger partial charge is 1.00 e. The zero-order valence-corrected chi connectivity index (χ0v) is 30.5. The van der Waals surface area contributed by atoms with Crippen LogP contribution >= 0.6 is 0 Å². The SMILES string of the molecule is CCCCCCCCCCCCCCCCCC[Si](C)(C1=CC[C-]=C1c1ccccc1)c1ccccc1.[Cl-].[Cl-].[Cl-].[Ti+4].